The summed E-state index contributed by atoms with van der Waals surface area (Å²) in [7, 11) is 0. The first-order valence-corrected chi connectivity index (χ1v) is 7.03. The molecule has 0 saturated carbocycles. The summed E-state index contributed by atoms with van der Waals surface area (Å²) in [5.74, 6) is -1.53. The maximum absolute atomic E-state index is 14.1. The Kier molecular flexibility index (Phi) is 5.05. The van der Waals surface area contributed by atoms with Crippen molar-refractivity contribution < 1.29 is 23.5 Å². The van der Waals surface area contributed by atoms with Crippen molar-refractivity contribution in [3.05, 3.63) is 52.5 Å². The minimum Gasteiger partial charge on any atom is -0.462 e. The number of nitrogens with zero attached hydrogens (tertiary/aromatic N) is 1. The molecule has 23 heavy (non-hydrogen) atoms. The summed E-state index contributed by atoms with van der Waals surface area (Å²) in [6.45, 7) is 5.21. The van der Waals surface area contributed by atoms with E-state index in [4.69, 9.17) is 9.47 Å². The summed E-state index contributed by atoms with van der Waals surface area (Å²) < 4.78 is 24.5. The van der Waals surface area contributed by atoms with Crippen LogP contribution in [0.1, 0.15) is 38.8 Å². The predicted octanol–water partition coefficient (Wildman–Crippen LogP) is 3.62. The van der Waals surface area contributed by atoms with Gasteiger partial charge in [0.2, 0.25) is 5.88 Å². The highest BCUT2D eigenvalue weighted by atomic mass is 19.1. The molecule has 0 saturated heterocycles. The molecular formula is C17H16FNO4. The smallest absolute Gasteiger partial charge is 0.344 e. The van der Waals surface area contributed by atoms with Crippen LogP contribution < -0.4 is 4.74 Å². The van der Waals surface area contributed by atoms with Crippen LogP contribution in [0.3, 0.4) is 0 Å². The summed E-state index contributed by atoms with van der Waals surface area (Å²) >= 11 is 0. The van der Waals surface area contributed by atoms with Gasteiger partial charge in [-0.15, -0.1) is 0 Å². The van der Waals surface area contributed by atoms with Gasteiger partial charge in [-0.3, -0.25) is 4.79 Å². The van der Waals surface area contributed by atoms with Crippen molar-refractivity contribution in [3.63, 3.8) is 0 Å². The molecule has 1 aromatic heterocycles. The second-order valence-electron chi connectivity index (χ2n) is 4.91. The number of pyridine rings is 1. The number of esters is 1. The van der Waals surface area contributed by atoms with Crippen LogP contribution in [0.4, 0.5) is 4.39 Å². The van der Waals surface area contributed by atoms with Crippen LogP contribution in [-0.4, -0.2) is 23.8 Å². The Morgan fingerprint density at radius 3 is 2.70 bits per heavy atom. The van der Waals surface area contributed by atoms with Gasteiger partial charge in [0.05, 0.1) is 6.61 Å². The second-order valence-corrected chi connectivity index (χ2v) is 4.91. The molecule has 2 aromatic rings. The third-order valence-corrected chi connectivity index (χ3v) is 3.13. The number of aryl methyl sites for hydroxylation is 2. The lowest BCUT2D eigenvalue weighted by molar-refractivity contribution is 0.0520. The first-order valence-electron chi connectivity index (χ1n) is 7.03. The van der Waals surface area contributed by atoms with Gasteiger partial charge in [-0.2, -0.15) is 0 Å². The number of benzene rings is 1. The lowest BCUT2D eigenvalue weighted by Gasteiger charge is -2.13. The lowest BCUT2D eigenvalue weighted by Crippen LogP contribution is -2.11. The lowest BCUT2D eigenvalue weighted by atomic mass is 10.1. The van der Waals surface area contributed by atoms with Gasteiger partial charge in [-0.25, -0.2) is 14.2 Å². The number of halogens is 1. The second kappa shape index (κ2) is 7.00. The number of carbonyl (C=O) groups excluding carboxylic acids is 2. The Balaban J connectivity index is 2.52. The van der Waals surface area contributed by atoms with Gasteiger partial charge in [0, 0.05) is 11.8 Å². The summed E-state index contributed by atoms with van der Waals surface area (Å²) in [5.41, 5.74) is 1.24. The van der Waals surface area contributed by atoms with E-state index in [0.717, 1.165) is 5.56 Å². The molecular weight excluding hydrogens is 301 g/mol. The number of ether oxygens (including phenoxy) is 2. The van der Waals surface area contributed by atoms with Crippen LogP contribution in [0.15, 0.2) is 24.4 Å². The zero-order valence-electron chi connectivity index (χ0n) is 13.1. The van der Waals surface area contributed by atoms with Crippen LogP contribution in [0.2, 0.25) is 0 Å². The van der Waals surface area contributed by atoms with E-state index in [1.807, 2.05) is 0 Å². The van der Waals surface area contributed by atoms with Crippen molar-refractivity contribution in [1.82, 2.24) is 4.98 Å². The van der Waals surface area contributed by atoms with Gasteiger partial charge in [-0.05, 0) is 44.0 Å². The van der Waals surface area contributed by atoms with Crippen LogP contribution in [0.25, 0.3) is 0 Å². The van der Waals surface area contributed by atoms with Gasteiger partial charge in [-0.1, -0.05) is 6.07 Å². The normalized spacial score (nSPS) is 10.3. The predicted molar refractivity (Wildman–Crippen MR) is 81.5 cm³/mol. The zero-order valence-corrected chi connectivity index (χ0v) is 13.1. The van der Waals surface area contributed by atoms with Crippen molar-refractivity contribution in [2.75, 3.05) is 6.61 Å². The maximum Gasteiger partial charge on any atom is 0.344 e. The fraction of sp³-hybridized carbons (Fsp3) is 0.235. The molecule has 0 radical (unpaired) electrons. The molecule has 5 nitrogen and oxygen atoms in total. The fourth-order valence-corrected chi connectivity index (χ4v) is 2.17. The Labute approximate surface area is 133 Å². The maximum atomic E-state index is 14.1. The minimum absolute atomic E-state index is 0.0447. The van der Waals surface area contributed by atoms with Crippen molar-refractivity contribution in [3.8, 4) is 11.6 Å². The molecule has 1 heterocycles. The molecule has 120 valence electrons. The van der Waals surface area contributed by atoms with Gasteiger partial charge < -0.3 is 9.47 Å². The molecule has 1 aromatic carbocycles. The summed E-state index contributed by atoms with van der Waals surface area (Å²) in [5, 5.41) is 0. The summed E-state index contributed by atoms with van der Waals surface area (Å²) in [6, 6.07) is 4.42. The van der Waals surface area contributed by atoms with E-state index >= 15 is 0 Å². The molecule has 0 spiro atoms. The highest BCUT2D eigenvalue weighted by Crippen LogP contribution is 2.31. The molecule has 0 fully saturated rings. The van der Waals surface area contributed by atoms with E-state index in [9.17, 15) is 14.0 Å². The Hall–Kier alpha value is -2.76. The van der Waals surface area contributed by atoms with Crippen molar-refractivity contribution in [2.24, 2.45) is 0 Å². The number of hydrogen-bond donors (Lipinski definition) is 0. The van der Waals surface area contributed by atoms with Gasteiger partial charge in [0.25, 0.3) is 0 Å². The van der Waals surface area contributed by atoms with E-state index in [0.29, 0.717) is 11.8 Å². The molecule has 0 aliphatic rings. The molecule has 6 heteroatoms. The molecule has 0 N–H and O–H groups in total. The number of aromatic nitrogens is 1. The Morgan fingerprint density at radius 1 is 1.35 bits per heavy atom. The largest absolute Gasteiger partial charge is 0.462 e. The number of rotatable bonds is 5. The van der Waals surface area contributed by atoms with Gasteiger partial charge in [0.1, 0.15) is 5.56 Å². The first-order chi connectivity index (χ1) is 11.0. The van der Waals surface area contributed by atoms with E-state index in [1.165, 1.54) is 18.3 Å². The average Bonchev–Trinajstić information content (AvgIpc) is 2.50. The first kappa shape index (κ1) is 16.6. The zero-order chi connectivity index (χ0) is 17.0. The molecule has 2 rings (SSSR count). The molecule has 0 aliphatic carbocycles. The van der Waals surface area contributed by atoms with Gasteiger partial charge >= 0.3 is 5.97 Å². The van der Waals surface area contributed by atoms with E-state index in [-0.39, 0.29) is 29.4 Å². The summed E-state index contributed by atoms with van der Waals surface area (Å²) in [4.78, 5) is 27.2. The van der Waals surface area contributed by atoms with Crippen molar-refractivity contribution >= 4 is 12.3 Å². The standard InChI is InChI=1S/C17H16FNO4/c1-4-22-17(21)14-12(9-20)5-6-19-16(14)23-15-11(3)7-10(2)8-13(15)18/h5-9H,4H2,1-3H3. The van der Waals surface area contributed by atoms with Gasteiger partial charge in [0.15, 0.2) is 17.9 Å². The van der Waals surface area contributed by atoms with Crippen LogP contribution in [-0.2, 0) is 4.74 Å². The molecule has 0 bridgehead atoms. The van der Waals surface area contributed by atoms with E-state index < -0.39 is 11.8 Å². The SMILES string of the molecule is CCOC(=O)c1c(C=O)ccnc1Oc1c(C)cc(C)cc1F. The molecule has 0 amide bonds. The van der Waals surface area contributed by atoms with Crippen LogP contribution >= 0.6 is 0 Å². The highest BCUT2D eigenvalue weighted by Gasteiger charge is 2.22. The van der Waals surface area contributed by atoms with E-state index in [1.54, 1.807) is 26.8 Å². The van der Waals surface area contributed by atoms with Crippen LogP contribution in [0.5, 0.6) is 11.6 Å². The quantitative estimate of drug-likeness (QED) is 0.622. The number of hydrogen-bond acceptors (Lipinski definition) is 5. The summed E-state index contributed by atoms with van der Waals surface area (Å²) in [6.07, 6.45) is 1.81. The van der Waals surface area contributed by atoms with Crippen LogP contribution in [0, 0.1) is 19.7 Å². The van der Waals surface area contributed by atoms with Crippen molar-refractivity contribution in [1.29, 1.82) is 0 Å². The average molecular weight is 317 g/mol. The topological polar surface area (TPSA) is 65.5 Å². The monoisotopic (exact) mass is 317 g/mol. The third-order valence-electron chi connectivity index (χ3n) is 3.13. The molecule has 0 unspecified atom stereocenters. The number of carbonyl (C=O) groups is 2. The minimum atomic E-state index is -0.747. The van der Waals surface area contributed by atoms with Crippen molar-refractivity contribution in [2.45, 2.75) is 20.8 Å². The molecule has 0 aliphatic heterocycles. The molecule has 0 atom stereocenters. The van der Waals surface area contributed by atoms with E-state index in [2.05, 4.69) is 4.98 Å². The Bertz CT molecular complexity index is 735. The third kappa shape index (κ3) is 3.53. The highest BCUT2D eigenvalue weighted by molar-refractivity contribution is 6.00. The fourth-order valence-electron chi connectivity index (χ4n) is 2.17. The Morgan fingerprint density at radius 2 is 2.09 bits per heavy atom. The number of aldehydes is 1.